The van der Waals surface area contributed by atoms with Crippen LogP contribution >= 0.6 is 0 Å². The van der Waals surface area contributed by atoms with Gasteiger partial charge in [0.15, 0.2) is 6.61 Å². The first-order valence-corrected chi connectivity index (χ1v) is 6.34. The second-order valence-electron chi connectivity index (χ2n) is 4.47. The van der Waals surface area contributed by atoms with Crippen molar-refractivity contribution in [2.45, 2.75) is 6.92 Å². The molecule has 4 nitrogen and oxygen atoms in total. The fourth-order valence-electron chi connectivity index (χ4n) is 1.71. The van der Waals surface area contributed by atoms with Gasteiger partial charge in [-0.15, -0.1) is 0 Å². The van der Waals surface area contributed by atoms with E-state index >= 15 is 0 Å². The molecular formula is C16H14FNO3. The van der Waals surface area contributed by atoms with E-state index in [0.717, 1.165) is 5.56 Å². The molecule has 0 aliphatic rings. The van der Waals surface area contributed by atoms with Gasteiger partial charge in [0.1, 0.15) is 5.82 Å². The fourth-order valence-corrected chi connectivity index (χ4v) is 1.71. The summed E-state index contributed by atoms with van der Waals surface area (Å²) in [7, 11) is 0. The molecule has 0 radical (unpaired) electrons. The molecular weight excluding hydrogens is 273 g/mol. The molecule has 0 heterocycles. The molecule has 0 spiro atoms. The zero-order chi connectivity index (χ0) is 15.2. The van der Waals surface area contributed by atoms with Crippen molar-refractivity contribution in [3.8, 4) is 0 Å². The van der Waals surface area contributed by atoms with Gasteiger partial charge in [-0.05, 0) is 36.8 Å². The number of benzene rings is 2. The predicted octanol–water partition coefficient (Wildman–Crippen LogP) is 2.93. The number of amides is 1. The van der Waals surface area contributed by atoms with Crippen molar-refractivity contribution in [2.75, 3.05) is 11.9 Å². The minimum atomic E-state index is -0.601. The van der Waals surface area contributed by atoms with Crippen molar-refractivity contribution >= 4 is 17.6 Å². The number of aryl methyl sites for hydroxylation is 1. The standard InChI is InChI=1S/C16H14FNO3/c1-11-7-8-13(17)14(9-11)18-15(19)10-21-16(20)12-5-3-2-4-6-12/h2-9H,10H2,1H3,(H,18,19). The molecule has 1 N–H and O–H groups in total. The van der Waals surface area contributed by atoms with Crippen LogP contribution in [0.1, 0.15) is 15.9 Å². The minimum Gasteiger partial charge on any atom is -0.452 e. The van der Waals surface area contributed by atoms with Crippen LogP contribution in [0.4, 0.5) is 10.1 Å². The van der Waals surface area contributed by atoms with Crippen LogP contribution in [0.3, 0.4) is 0 Å². The van der Waals surface area contributed by atoms with Gasteiger partial charge in [-0.1, -0.05) is 24.3 Å². The molecule has 21 heavy (non-hydrogen) atoms. The second-order valence-corrected chi connectivity index (χ2v) is 4.47. The van der Waals surface area contributed by atoms with Crippen molar-refractivity contribution in [3.63, 3.8) is 0 Å². The maximum atomic E-state index is 13.5. The van der Waals surface area contributed by atoms with Gasteiger partial charge in [0.05, 0.1) is 11.3 Å². The van der Waals surface area contributed by atoms with E-state index in [2.05, 4.69) is 5.32 Å². The van der Waals surface area contributed by atoms with Crippen LogP contribution in [0, 0.1) is 12.7 Å². The molecule has 0 unspecified atom stereocenters. The van der Waals surface area contributed by atoms with Gasteiger partial charge < -0.3 is 10.1 Å². The normalized spacial score (nSPS) is 10.0. The third-order valence-corrected chi connectivity index (χ3v) is 2.74. The molecule has 2 rings (SSSR count). The van der Waals surface area contributed by atoms with Gasteiger partial charge in [-0.3, -0.25) is 4.79 Å². The summed E-state index contributed by atoms with van der Waals surface area (Å²) >= 11 is 0. The molecule has 0 aromatic heterocycles. The monoisotopic (exact) mass is 287 g/mol. The molecule has 5 heteroatoms. The smallest absolute Gasteiger partial charge is 0.338 e. The van der Waals surface area contributed by atoms with Crippen LogP contribution in [0.2, 0.25) is 0 Å². The van der Waals surface area contributed by atoms with E-state index in [9.17, 15) is 14.0 Å². The quantitative estimate of drug-likeness (QED) is 0.880. The Morgan fingerprint density at radius 1 is 1.14 bits per heavy atom. The summed E-state index contributed by atoms with van der Waals surface area (Å²) < 4.78 is 18.3. The summed E-state index contributed by atoms with van der Waals surface area (Å²) in [6, 6.07) is 12.7. The Hall–Kier alpha value is -2.69. The lowest BCUT2D eigenvalue weighted by Crippen LogP contribution is -2.21. The van der Waals surface area contributed by atoms with E-state index in [1.807, 2.05) is 0 Å². The van der Waals surface area contributed by atoms with Crippen molar-refractivity contribution in [2.24, 2.45) is 0 Å². The summed E-state index contributed by atoms with van der Waals surface area (Å²) in [5.41, 5.74) is 1.23. The van der Waals surface area contributed by atoms with E-state index in [4.69, 9.17) is 4.74 Å². The van der Waals surface area contributed by atoms with E-state index in [-0.39, 0.29) is 5.69 Å². The van der Waals surface area contributed by atoms with Crippen LogP contribution in [0.25, 0.3) is 0 Å². The Balaban J connectivity index is 1.91. The molecule has 0 bridgehead atoms. The Kier molecular flexibility index (Phi) is 4.66. The number of anilines is 1. The highest BCUT2D eigenvalue weighted by molar-refractivity contribution is 5.95. The van der Waals surface area contributed by atoms with Crippen molar-refractivity contribution in [1.29, 1.82) is 0 Å². The first-order valence-electron chi connectivity index (χ1n) is 6.34. The molecule has 2 aromatic carbocycles. The molecule has 1 amide bonds. The molecule has 0 saturated heterocycles. The summed E-state index contributed by atoms with van der Waals surface area (Å²) in [4.78, 5) is 23.3. The van der Waals surface area contributed by atoms with E-state index in [0.29, 0.717) is 5.56 Å². The third kappa shape index (κ3) is 4.14. The highest BCUT2D eigenvalue weighted by Crippen LogP contribution is 2.15. The Labute approximate surface area is 121 Å². The van der Waals surface area contributed by atoms with Crippen molar-refractivity contribution in [1.82, 2.24) is 0 Å². The predicted molar refractivity (Wildman–Crippen MR) is 76.5 cm³/mol. The first kappa shape index (κ1) is 14.7. The minimum absolute atomic E-state index is 0.0655. The summed E-state index contributed by atoms with van der Waals surface area (Å²) in [6.45, 7) is 1.31. The largest absolute Gasteiger partial charge is 0.452 e. The second kappa shape index (κ2) is 6.65. The average Bonchev–Trinajstić information content (AvgIpc) is 2.49. The Morgan fingerprint density at radius 2 is 1.86 bits per heavy atom. The molecule has 0 saturated carbocycles. The Morgan fingerprint density at radius 3 is 2.57 bits per heavy atom. The molecule has 108 valence electrons. The topological polar surface area (TPSA) is 55.4 Å². The zero-order valence-corrected chi connectivity index (χ0v) is 11.4. The number of rotatable bonds is 4. The van der Waals surface area contributed by atoms with Gasteiger partial charge in [-0.25, -0.2) is 9.18 Å². The Bertz CT molecular complexity index is 656. The van der Waals surface area contributed by atoms with Gasteiger partial charge in [0.2, 0.25) is 0 Å². The number of esters is 1. The van der Waals surface area contributed by atoms with Gasteiger partial charge >= 0.3 is 5.97 Å². The summed E-state index contributed by atoms with van der Waals surface area (Å²) in [6.07, 6.45) is 0. The lowest BCUT2D eigenvalue weighted by atomic mass is 10.2. The number of carbonyl (C=O) groups is 2. The number of halogens is 1. The number of hydrogen-bond donors (Lipinski definition) is 1. The molecule has 0 fully saturated rings. The molecule has 0 aliphatic heterocycles. The van der Waals surface area contributed by atoms with E-state index < -0.39 is 24.3 Å². The van der Waals surface area contributed by atoms with Gasteiger partial charge in [0, 0.05) is 0 Å². The number of nitrogens with one attached hydrogen (secondary N) is 1. The lowest BCUT2D eigenvalue weighted by Gasteiger charge is -2.08. The SMILES string of the molecule is Cc1ccc(F)c(NC(=O)COC(=O)c2ccccc2)c1. The molecule has 0 atom stereocenters. The van der Waals surface area contributed by atoms with E-state index in [1.165, 1.54) is 12.1 Å². The zero-order valence-electron chi connectivity index (χ0n) is 11.4. The molecule has 2 aromatic rings. The van der Waals surface area contributed by atoms with Crippen LogP contribution < -0.4 is 5.32 Å². The lowest BCUT2D eigenvalue weighted by molar-refractivity contribution is -0.119. The van der Waals surface area contributed by atoms with Gasteiger partial charge in [-0.2, -0.15) is 0 Å². The summed E-state index contributed by atoms with van der Waals surface area (Å²) in [5, 5.41) is 2.37. The van der Waals surface area contributed by atoms with Crippen LogP contribution in [0.5, 0.6) is 0 Å². The van der Waals surface area contributed by atoms with Crippen LogP contribution in [-0.2, 0) is 9.53 Å². The first-order chi connectivity index (χ1) is 10.1. The maximum Gasteiger partial charge on any atom is 0.338 e. The third-order valence-electron chi connectivity index (χ3n) is 2.74. The maximum absolute atomic E-state index is 13.5. The van der Waals surface area contributed by atoms with Crippen LogP contribution in [-0.4, -0.2) is 18.5 Å². The van der Waals surface area contributed by atoms with Crippen molar-refractivity contribution in [3.05, 3.63) is 65.5 Å². The highest BCUT2D eigenvalue weighted by atomic mass is 19.1. The van der Waals surface area contributed by atoms with E-state index in [1.54, 1.807) is 43.3 Å². The fraction of sp³-hybridized carbons (Fsp3) is 0.125. The number of carbonyl (C=O) groups excluding carboxylic acids is 2. The number of ether oxygens (including phenoxy) is 1. The van der Waals surface area contributed by atoms with Crippen LogP contribution in [0.15, 0.2) is 48.5 Å². The van der Waals surface area contributed by atoms with Crippen molar-refractivity contribution < 1.29 is 18.7 Å². The highest BCUT2D eigenvalue weighted by Gasteiger charge is 2.11. The summed E-state index contributed by atoms with van der Waals surface area (Å²) in [5.74, 6) is -1.73. The average molecular weight is 287 g/mol. The molecule has 0 aliphatic carbocycles. The number of hydrogen-bond acceptors (Lipinski definition) is 3. The van der Waals surface area contributed by atoms with Gasteiger partial charge in [0.25, 0.3) is 5.91 Å².